The first-order valence-corrected chi connectivity index (χ1v) is 5.92. The van der Waals surface area contributed by atoms with Crippen LogP contribution in [0.15, 0.2) is 60.8 Å². The van der Waals surface area contributed by atoms with Crippen LogP contribution in [0.2, 0.25) is 0 Å². The van der Waals surface area contributed by atoms with Crippen LogP contribution in [0.5, 0.6) is 0 Å². The van der Waals surface area contributed by atoms with Gasteiger partial charge in [-0.2, -0.15) is 0 Å². The fourth-order valence-electron chi connectivity index (χ4n) is 2.12. The molecule has 18 heavy (non-hydrogen) atoms. The van der Waals surface area contributed by atoms with Crippen molar-refractivity contribution in [2.75, 3.05) is 0 Å². The Labute approximate surface area is 106 Å². The van der Waals surface area contributed by atoms with Gasteiger partial charge in [-0.3, -0.25) is 4.98 Å². The molecule has 1 heterocycles. The lowest BCUT2D eigenvalue weighted by Crippen LogP contribution is -1.87. The highest BCUT2D eigenvalue weighted by Crippen LogP contribution is 2.26. The number of hydrogen-bond acceptors (Lipinski definition) is 2. The van der Waals surface area contributed by atoms with Crippen molar-refractivity contribution >= 4 is 10.8 Å². The number of benzene rings is 2. The quantitative estimate of drug-likeness (QED) is 0.738. The largest absolute Gasteiger partial charge is 0.392 e. The van der Waals surface area contributed by atoms with Gasteiger partial charge >= 0.3 is 0 Å². The number of fused-ring (bicyclic) bond motifs is 1. The van der Waals surface area contributed by atoms with E-state index in [1.54, 1.807) is 0 Å². The summed E-state index contributed by atoms with van der Waals surface area (Å²) < 4.78 is 0. The summed E-state index contributed by atoms with van der Waals surface area (Å²) in [5.41, 5.74) is 2.97. The molecule has 0 amide bonds. The van der Waals surface area contributed by atoms with Gasteiger partial charge in [0.05, 0.1) is 12.3 Å². The molecule has 0 atom stereocenters. The van der Waals surface area contributed by atoms with Gasteiger partial charge in [0.15, 0.2) is 0 Å². The molecule has 0 bridgehead atoms. The molecule has 0 aliphatic carbocycles. The molecular formula is C16H13NO. The van der Waals surface area contributed by atoms with E-state index in [0.29, 0.717) is 0 Å². The number of aromatic nitrogens is 1. The zero-order valence-electron chi connectivity index (χ0n) is 9.88. The molecular weight excluding hydrogens is 222 g/mol. The third-order valence-corrected chi connectivity index (χ3v) is 3.08. The standard InChI is InChI=1S/C16H13NO/c18-11-12-5-7-14(8-6-12)16-15-4-2-1-3-13(15)9-10-17-16/h1-10,18H,11H2. The molecule has 0 spiro atoms. The minimum absolute atomic E-state index is 0.0727. The number of rotatable bonds is 2. The molecule has 2 heteroatoms. The van der Waals surface area contributed by atoms with Crippen LogP contribution in [-0.2, 0) is 6.61 Å². The highest BCUT2D eigenvalue weighted by atomic mass is 16.3. The first-order chi connectivity index (χ1) is 8.88. The van der Waals surface area contributed by atoms with Crippen LogP contribution in [0.3, 0.4) is 0 Å². The highest BCUT2D eigenvalue weighted by Gasteiger charge is 2.04. The van der Waals surface area contributed by atoms with Crippen LogP contribution < -0.4 is 0 Å². The topological polar surface area (TPSA) is 33.1 Å². The molecule has 0 radical (unpaired) electrons. The molecule has 0 fully saturated rings. The average Bonchev–Trinajstić information content (AvgIpc) is 2.47. The van der Waals surface area contributed by atoms with Crippen LogP contribution in [0, 0.1) is 0 Å². The van der Waals surface area contributed by atoms with Gasteiger partial charge in [-0.1, -0.05) is 48.5 Å². The maximum absolute atomic E-state index is 9.06. The Balaban J connectivity index is 2.18. The fourth-order valence-corrected chi connectivity index (χ4v) is 2.12. The van der Waals surface area contributed by atoms with E-state index < -0.39 is 0 Å². The fraction of sp³-hybridized carbons (Fsp3) is 0.0625. The molecule has 0 saturated heterocycles. The summed E-state index contributed by atoms with van der Waals surface area (Å²) in [6.07, 6.45) is 1.83. The summed E-state index contributed by atoms with van der Waals surface area (Å²) >= 11 is 0. The van der Waals surface area contributed by atoms with Gasteiger partial charge in [0.1, 0.15) is 0 Å². The van der Waals surface area contributed by atoms with E-state index in [4.69, 9.17) is 5.11 Å². The Bertz CT molecular complexity index is 669. The molecule has 3 rings (SSSR count). The lowest BCUT2D eigenvalue weighted by Gasteiger charge is -2.06. The number of hydrogen-bond donors (Lipinski definition) is 1. The van der Waals surface area contributed by atoms with Crippen molar-refractivity contribution in [1.82, 2.24) is 4.98 Å². The van der Waals surface area contributed by atoms with Gasteiger partial charge in [0, 0.05) is 17.1 Å². The molecule has 2 nitrogen and oxygen atoms in total. The summed E-state index contributed by atoms with van der Waals surface area (Å²) in [5.74, 6) is 0. The average molecular weight is 235 g/mol. The lowest BCUT2D eigenvalue weighted by atomic mass is 10.0. The van der Waals surface area contributed by atoms with E-state index in [1.165, 1.54) is 5.39 Å². The Hall–Kier alpha value is -2.19. The molecule has 0 aliphatic heterocycles. The number of aliphatic hydroxyl groups is 1. The van der Waals surface area contributed by atoms with E-state index in [0.717, 1.165) is 22.2 Å². The van der Waals surface area contributed by atoms with Crippen LogP contribution in [-0.4, -0.2) is 10.1 Å². The number of aliphatic hydroxyl groups excluding tert-OH is 1. The second kappa shape index (κ2) is 4.59. The van der Waals surface area contributed by atoms with E-state index in [1.807, 2.05) is 48.7 Å². The Kier molecular flexibility index (Phi) is 2.79. The van der Waals surface area contributed by atoms with Crippen molar-refractivity contribution in [2.24, 2.45) is 0 Å². The van der Waals surface area contributed by atoms with Crippen molar-refractivity contribution in [3.63, 3.8) is 0 Å². The molecule has 3 aromatic rings. The molecule has 0 unspecified atom stereocenters. The zero-order chi connectivity index (χ0) is 12.4. The first kappa shape index (κ1) is 10.9. The molecule has 88 valence electrons. The Morgan fingerprint density at radius 1 is 0.889 bits per heavy atom. The lowest BCUT2D eigenvalue weighted by molar-refractivity contribution is 0.282. The van der Waals surface area contributed by atoms with Gasteiger partial charge in [0.2, 0.25) is 0 Å². The number of nitrogens with zero attached hydrogens (tertiary/aromatic N) is 1. The van der Waals surface area contributed by atoms with Gasteiger partial charge in [-0.25, -0.2) is 0 Å². The molecule has 0 aliphatic rings. The van der Waals surface area contributed by atoms with Crippen molar-refractivity contribution in [3.8, 4) is 11.3 Å². The SMILES string of the molecule is OCc1ccc(-c2nccc3ccccc23)cc1. The smallest absolute Gasteiger partial charge is 0.0780 e. The zero-order valence-corrected chi connectivity index (χ0v) is 9.88. The second-order valence-electron chi connectivity index (χ2n) is 4.24. The van der Waals surface area contributed by atoms with E-state index in [9.17, 15) is 0 Å². The molecule has 0 saturated carbocycles. The number of pyridine rings is 1. The summed E-state index contributed by atoms with van der Waals surface area (Å²) in [4.78, 5) is 4.47. The first-order valence-electron chi connectivity index (χ1n) is 5.92. The summed E-state index contributed by atoms with van der Waals surface area (Å²) in [7, 11) is 0. The Morgan fingerprint density at radius 2 is 1.67 bits per heavy atom. The third kappa shape index (κ3) is 1.87. The van der Waals surface area contributed by atoms with Crippen molar-refractivity contribution in [2.45, 2.75) is 6.61 Å². The third-order valence-electron chi connectivity index (χ3n) is 3.08. The predicted molar refractivity (Wildman–Crippen MR) is 73.1 cm³/mol. The highest BCUT2D eigenvalue weighted by molar-refractivity contribution is 5.94. The molecule has 2 aromatic carbocycles. The summed E-state index contributed by atoms with van der Waals surface area (Å²) in [6, 6.07) is 18.1. The predicted octanol–water partition coefficient (Wildman–Crippen LogP) is 3.39. The van der Waals surface area contributed by atoms with Crippen LogP contribution in [0.4, 0.5) is 0 Å². The normalized spacial score (nSPS) is 10.7. The monoisotopic (exact) mass is 235 g/mol. The van der Waals surface area contributed by atoms with Crippen molar-refractivity contribution < 1.29 is 5.11 Å². The van der Waals surface area contributed by atoms with Gasteiger partial charge < -0.3 is 5.11 Å². The minimum Gasteiger partial charge on any atom is -0.392 e. The van der Waals surface area contributed by atoms with Crippen molar-refractivity contribution in [3.05, 3.63) is 66.4 Å². The Morgan fingerprint density at radius 3 is 2.44 bits per heavy atom. The maximum Gasteiger partial charge on any atom is 0.0780 e. The molecule has 1 N–H and O–H groups in total. The maximum atomic E-state index is 9.06. The van der Waals surface area contributed by atoms with E-state index >= 15 is 0 Å². The van der Waals surface area contributed by atoms with Gasteiger partial charge in [-0.05, 0) is 17.0 Å². The summed E-state index contributed by atoms with van der Waals surface area (Å²) in [5, 5.41) is 11.4. The van der Waals surface area contributed by atoms with Crippen LogP contribution in [0.1, 0.15) is 5.56 Å². The van der Waals surface area contributed by atoms with Gasteiger partial charge in [-0.15, -0.1) is 0 Å². The van der Waals surface area contributed by atoms with E-state index in [2.05, 4.69) is 17.1 Å². The van der Waals surface area contributed by atoms with Gasteiger partial charge in [0.25, 0.3) is 0 Å². The van der Waals surface area contributed by atoms with Crippen LogP contribution >= 0.6 is 0 Å². The minimum atomic E-state index is 0.0727. The van der Waals surface area contributed by atoms with Crippen LogP contribution in [0.25, 0.3) is 22.0 Å². The summed E-state index contributed by atoms with van der Waals surface area (Å²) in [6.45, 7) is 0.0727. The molecule has 1 aromatic heterocycles. The van der Waals surface area contributed by atoms with Crippen molar-refractivity contribution in [1.29, 1.82) is 0 Å². The second-order valence-corrected chi connectivity index (χ2v) is 4.24. The van der Waals surface area contributed by atoms with E-state index in [-0.39, 0.29) is 6.61 Å².